The second-order valence-corrected chi connectivity index (χ2v) is 21.9. The van der Waals surface area contributed by atoms with Crippen molar-refractivity contribution in [3.05, 3.63) is 180 Å². The van der Waals surface area contributed by atoms with Gasteiger partial charge < -0.3 is 9.47 Å². The molecule has 1 aromatic heterocycles. The van der Waals surface area contributed by atoms with E-state index in [1.807, 2.05) is 0 Å². The average molecular weight is 843 g/mol. The molecule has 65 heavy (non-hydrogen) atoms. The summed E-state index contributed by atoms with van der Waals surface area (Å²) in [5, 5.41) is 2.60. The second-order valence-electron chi connectivity index (χ2n) is 21.9. The van der Waals surface area contributed by atoms with Crippen molar-refractivity contribution in [1.82, 2.24) is 4.57 Å². The number of aromatic nitrogens is 1. The van der Waals surface area contributed by atoms with Crippen LogP contribution >= 0.6 is 0 Å². The molecule has 0 N–H and O–H groups in total. The molecule has 0 amide bonds. The van der Waals surface area contributed by atoms with E-state index in [0.29, 0.717) is 11.8 Å². The van der Waals surface area contributed by atoms with Gasteiger partial charge in [-0.3, -0.25) is 0 Å². The third-order valence-corrected chi connectivity index (χ3v) is 19.3. The van der Waals surface area contributed by atoms with E-state index in [2.05, 4.69) is 174 Å². The molecule has 8 aliphatic carbocycles. The van der Waals surface area contributed by atoms with Crippen molar-refractivity contribution in [1.29, 1.82) is 0 Å². The van der Waals surface area contributed by atoms with Crippen LogP contribution in [-0.2, 0) is 10.8 Å². The zero-order valence-corrected chi connectivity index (χ0v) is 37.7. The lowest BCUT2D eigenvalue weighted by Gasteiger charge is -2.61. The van der Waals surface area contributed by atoms with Crippen LogP contribution in [0.15, 0.2) is 158 Å². The highest BCUT2D eigenvalue weighted by Crippen LogP contribution is 2.70. The van der Waals surface area contributed by atoms with Crippen molar-refractivity contribution in [2.45, 2.75) is 88.4 Å². The fourth-order valence-corrected chi connectivity index (χ4v) is 17.4. The van der Waals surface area contributed by atoms with Crippen LogP contribution in [0, 0.1) is 41.4 Å². The van der Waals surface area contributed by atoms with Crippen LogP contribution in [0.3, 0.4) is 0 Å². The summed E-state index contributed by atoms with van der Waals surface area (Å²) in [5.41, 5.74) is 20.1. The number of para-hydroxylation sites is 2. The van der Waals surface area contributed by atoms with Gasteiger partial charge in [-0.2, -0.15) is 0 Å². The van der Waals surface area contributed by atoms with Crippen LogP contribution in [0.5, 0.6) is 0 Å². The van der Waals surface area contributed by atoms with Crippen molar-refractivity contribution < 1.29 is 0 Å². The van der Waals surface area contributed by atoms with Gasteiger partial charge in [-0.25, -0.2) is 0 Å². The summed E-state index contributed by atoms with van der Waals surface area (Å²) in [6, 6.07) is 62.0. The summed E-state index contributed by atoms with van der Waals surface area (Å²) in [6.07, 6.45) is 15.2. The van der Waals surface area contributed by atoms with Crippen LogP contribution in [-0.4, -0.2) is 4.57 Å². The predicted molar refractivity (Wildman–Crippen MR) is 269 cm³/mol. The van der Waals surface area contributed by atoms with E-state index in [-0.39, 0.29) is 10.8 Å². The highest BCUT2D eigenvalue weighted by Gasteiger charge is 2.62. The van der Waals surface area contributed by atoms with Gasteiger partial charge in [0, 0.05) is 44.4 Å². The Bertz CT molecular complexity index is 3150. The molecule has 6 fully saturated rings. The Labute approximate surface area is 384 Å². The van der Waals surface area contributed by atoms with E-state index >= 15 is 0 Å². The molecule has 320 valence electrons. The number of rotatable bonds is 5. The maximum absolute atomic E-state index is 2.69. The lowest BCUT2D eigenvalue weighted by atomic mass is 9.43. The van der Waals surface area contributed by atoms with E-state index in [1.54, 1.807) is 22.3 Å². The maximum Gasteiger partial charge on any atom is 0.0541 e. The zero-order valence-electron chi connectivity index (χ0n) is 37.7. The first-order chi connectivity index (χ1) is 32.1. The van der Waals surface area contributed by atoms with Crippen molar-refractivity contribution >= 4 is 38.9 Å². The van der Waals surface area contributed by atoms with Crippen LogP contribution < -0.4 is 4.90 Å². The number of benzene rings is 7. The molecule has 16 rings (SSSR count). The molecule has 0 aliphatic heterocycles. The van der Waals surface area contributed by atoms with E-state index in [4.69, 9.17) is 0 Å². The quantitative estimate of drug-likeness (QED) is 0.168. The van der Waals surface area contributed by atoms with Crippen molar-refractivity contribution in [2.75, 3.05) is 4.90 Å². The van der Waals surface area contributed by atoms with Gasteiger partial charge in [0.1, 0.15) is 0 Å². The average Bonchev–Trinajstić information content (AvgIpc) is 3.95. The second kappa shape index (κ2) is 13.6. The minimum Gasteiger partial charge on any atom is -0.310 e. The topological polar surface area (TPSA) is 8.17 Å². The van der Waals surface area contributed by atoms with Gasteiger partial charge >= 0.3 is 0 Å². The Hall–Kier alpha value is -5.86. The van der Waals surface area contributed by atoms with Gasteiger partial charge in [0.25, 0.3) is 0 Å². The smallest absolute Gasteiger partial charge is 0.0541 e. The van der Waals surface area contributed by atoms with Crippen LogP contribution in [0.1, 0.15) is 99.8 Å². The van der Waals surface area contributed by atoms with Crippen molar-refractivity contribution in [2.24, 2.45) is 41.4 Å². The van der Waals surface area contributed by atoms with E-state index < -0.39 is 0 Å². The number of anilines is 3. The number of hydrogen-bond donors (Lipinski definition) is 0. The SMILES string of the molecule is CCC1CC2CCCC(C2)C12c1ccccc1-c1cc(N(c3ccc(-n4c5ccccc5c5ccccc54)cc3)c3ccc4c(c3)C3(c5ccccc5-4)C4CC5CC(C4)CC3C5)ccc12. The molecular formula is C63H58N2. The summed E-state index contributed by atoms with van der Waals surface area (Å²) in [7, 11) is 0. The first kappa shape index (κ1) is 37.4. The van der Waals surface area contributed by atoms with Gasteiger partial charge in [-0.15, -0.1) is 0 Å². The molecule has 8 aliphatic rings. The Morgan fingerprint density at radius 1 is 0.446 bits per heavy atom. The lowest BCUT2D eigenvalue weighted by molar-refractivity contribution is -0.0399. The summed E-state index contributed by atoms with van der Waals surface area (Å²) in [4.78, 5) is 2.63. The Balaban J connectivity index is 0.933. The molecule has 4 unspecified atom stereocenters. The van der Waals surface area contributed by atoms with Crippen LogP contribution in [0.2, 0.25) is 0 Å². The summed E-state index contributed by atoms with van der Waals surface area (Å²) in [5.74, 6) is 5.58. The van der Waals surface area contributed by atoms with E-state index in [1.165, 1.54) is 137 Å². The number of fused-ring (bicyclic) bond motifs is 14. The van der Waals surface area contributed by atoms with Crippen molar-refractivity contribution in [3.8, 4) is 27.9 Å². The number of nitrogens with zero attached hydrogens (tertiary/aromatic N) is 2. The molecule has 2 spiro atoms. The first-order valence-electron chi connectivity index (χ1n) is 25.5. The molecule has 6 saturated carbocycles. The van der Waals surface area contributed by atoms with E-state index in [0.717, 1.165) is 29.6 Å². The van der Waals surface area contributed by atoms with Gasteiger partial charge in [0.2, 0.25) is 0 Å². The van der Waals surface area contributed by atoms with Crippen molar-refractivity contribution in [3.63, 3.8) is 0 Å². The molecule has 7 aromatic carbocycles. The lowest BCUT2D eigenvalue weighted by Crippen LogP contribution is -2.55. The van der Waals surface area contributed by atoms with Crippen LogP contribution in [0.25, 0.3) is 49.7 Å². The third kappa shape index (κ3) is 4.86. The highest BCUT2D eigenvalue weighted by molar-refractivity contribution is 6.09. The predicted octanol–water partition coefficient (Wildman–Crippen LogP) is 16.5. The Kier molecular flexibility index (Phi) is 7.82. The van der Waals surface area contributed by atoms with Crippen LogP contribution in [0.4, 0.5) is 17.1 Å². The zero-order chi connectivity index (χ0) is 42.6. The number of hydrogen-bond acceptors (Lipinski definition) is 1. The molecule has 8 aromatic rings. The monoisotopic (exact) mass is 842 g/mol. The Morgan fingerprint density at radius 3 is 1.71 bits per heavy atom. The third-order valence-electron chi connectivity index (χ3n) is 19.3. The Morgan fingerprint density at radius 2 is 1.00 bits per heavy atom. The summed E-state index contributed by atoms with van der Waals surface area (Å²) in [6.45, 7) is 2.48. The van der Waals surface area contributed by atoms with Gasteiger partial charge in [-0.1, -0.05) is 123 Å². The van der Waals surface area contributed by atoms with Gasteiger partial charge in [0.15, 0.2) is 0 Å². The summed E-state index contributed by atoms with van der Waals surface area (Å²) >= 11 is 0. The van der Waals surface area contributed by atoms with Gasteiger partial charge in [0.05, 0.1) is 11.0 Å². The first-order valence-corrected chi connectivity index (χ1v) is 25.5. The van der Waals surface area contributed by atoms with E-state index in [9.17, 15) is 0 Å². The minimum absolute atomic E-state index is 0.107. The molecule has 0 radical (unpaired) electrons. The molecule has 2 nitrogen and oxygen atoms in total. The molecule has 1 heterocycles. The fourth-order valence-electron chi connectivity index (χ4n) is 17.4. The molecule has 2 heteroatoms. The normalized spacial score (nSPS) is 29.6. The highest BCUT2D eigenvalue weighted by atomic mass is 15.1. The standard InChI is InChI=1S/C63H58N2/c1-2-42-31-39-12-11-13-43(32-39)62(42)57-19-8-4-15-51(57)55-37-48(27-29-58(55)62)64(46-22-24-47(25-23-46)65-60-20-9-5-16-53(60)54-17-6-10-21-61(54)65)49-26-28-52-50-14-3-7-18-56(50)63(59(52)38-49)44-33-40-30-41(35-44)36-45(63)34-40/h3-10,14-29,37-45H,2,11-13,30-36H2,1H3. The minimum atomic E-state index is 0.107. The molecule has 0 saturated heterocycles. The molecular weight excluding hydrogens is 785 g/mol. The summed E-state index contributed by atoms with van der Waals surface area (Å²) < 4.78 is 2.46. The fraction of sp³-hybridized carbons (Fsp3) is 0.333. The molecule has 4 atom stereocenters. The maximum atomic E-state index is 2.69. The van der Waals surface area contributed by atoms with Gasteiger partial charge in [-0.05, 0) is 198 Å². The molecule has 6 bridgehead atoms. The largest absolute Gasteiger partial charge is 0.310 e.